The standard InChI is InChI=1S/C19H23ClN2O2/c1-19(23)6-8-22(9-7-19)16-11-18(20)21-12-14(16)3-2-13-10-15-4-5-17(13)24-15/h11-13,15,17,23H,4-10H2,1H3. The number of aliphatic hydroxyl groups is 1. The van der Waals surface area contributed by atoms with Gasteiger partial charge < -0.3 is 14.7 Å². The Hall–Kier alpha value is -1.28. The smallest absolute Gasteiger partial charge is 0.131 e. The summed E-state index contributed by atoms with van der Waals surface area (Å²) in [5.41, 5.74) is 1.38. The first-order valence-corrected chi connectivity index (χ1v) is 9.18. The van der Waals surface area contributed by atoms with Gasteiger partial charge in [-0.3, -0.25) is 0 Å². The lowest BCUT2D eigenvalue weighted by Crippen LogP contribution is -2.42. The van der Waals surface area contributed by atoms with Gasteiger partial charge in [0.05, 0.1) is 29.1 Å². The number of nitrogens with zero attached hydrogens (tertiary/aromatic N) is 2. The summed E-state index contributed by atoms with van der Waals surface area (Å²) >= 11 is 6.12. The molecule has 4 heterocycles. The zero-order valence-corrected chi connectivity index (χ0v) is 14.7. The summed E-state index contributed by atoms with van der Waals surface area (Å²) in [6.45, 7) is 3.51. The van der Waals surface area contributed by atoms with Crippen LogP contribution in [0.3, 0.4) is 0 Å². The lowest BCUT2D eigenvalue weighted by Gasteiger charge is -2.37. The lowest BCUT2D eigenvalue weighted by molar-refractivity contribution is 0.0351. The van der Waals surface area contributed by atoms with Crippen LogP contribution in [0.1, 0.15) is 44.6 Å². The van der Waals surface area contributed by atoms with Crippen LogP contribution in [0.2, 0.25) is 5.15 Å². The van der Waals surface area contributed by atoms with E-state index in [1.54, 1.807) is 6.20 Å². The van der Waals surface area contributed by atoms with Crippen molar-refractivity contribution in [2.75, 3.05) is 18.0 Å². The van der Waals surface area contributed by atoms with E-state index in [0.29, 0.717) is 23.3 Å². The minimum atomic E-state index is -0.570. The van der Waals surface area contributed by atoms with Crippen molar-refractivity contribution in [3.8, 4) is 11.8 Å². The molecule has 3 aliphatic rings. The molecule has 3 unspecified atom stereocenters. The van der Waals surface area contributed by atoms with Crippen molar-refractivity contribution in [2.45, 2.75) is 56.8 Å². The third-order valence-corrected chi connectivity index (χ3v) is 5.73. The molecule has 2 bridgehead atoms. The Labute approximate surface area is 148 Å². The predicted octanol–water partition coefficient (Wildman–Crippen LogP) is 3.01. The molecule has 5 heteroatoms. The third kappa shape index (κ3) is 3.26. The highest BCUT2D eigenvalue weighted by molar-refractivity contribution is 6.29. The van der Waals surface area contributed by atoms with E-state index < -0.39 is 5.60 Å². The van der Waals surface area contributed by atoms with Gasteiger partial charge in [0.2, 0.25) is 0 Å². The van der Waals surface area contributed by atoms with Crippen molar-refractivity contribution in [3.05, 3.63) is 23.0 Å². The summed E-state index contributed by atoms with van der Waals surface area (Å²) in [5.74, 6) is 7.08. The van der Waals surface area contributed by atoms with E-state index in [1.165, 1.54) is 6.42 Å². The molecule has 0 radical (unpaired) electrons. The minimum absolute atomic E-state index is 0.316. The van der Waals surface area contributed by atoms with Crippen LogP contribution < -0.4 is 4.90 Å². The average Bonchev–Trinajstić information content (AvgIpc) is 3.16. The van der Waals surface area contributed by atoms with Gasteiger partial charge in [-0.25, -0.2) is 4.98 Å². The van der Waals surface area contributed by atoms with Gasteiger partial charge >= 0.3 is 0 Å². The number of pyridine rings is 1. The molecular weight excluding hydrogens is 324 g/mol. The molecule has 0 spiro atoms. The molecule has 3 fully saturated rings. The summed E-state index contributed by atoms with van der Waals surface area (Å²) in [6, 6.07) is 1.89. The first-order chi connectivity index (χ1) is 11.5. The SMILES string of the molecule is CC1(O)CCN(c2cc(Cl)ncc2C#CC2CC3CCC2O3)CC1. The van der Waals surface area contributed by atoms with Crippen molar-refractivity contribution in [3.63, 3.8) is 0 Å². The fourth-order valence-corrected chi connectivity index (χ4v) is 4.12. The lowest BCUT2D eigenvalue weighted by atomic mass is 9.89. The maximum absolute atomic E-state index is 10.2. The number of ether oxygens (including phenoxy) is 1. The monoisotopic (exact) mass is 346 g/mol. The van der Waals surface area contributed by atoms with E-state index in [1.807, 2.05) is 13.0 Å². The summed E-state index contributed by atoms with van der Waals surface area (Å²) < 4.78 is 5.88. The molecule has 24 heavy (non-hydrogen) atoms. The number of fused-ring (bicyclic) bond motifs is 2. The van der Waals surface area contributed by atoms with Crippen molar-refractivity contribution < 1.29 is 9.84 Å². The van der Waals surface area contributed by atoms with Gasteiger partial charge in [0.15, 0.2) is 0 Å². The van der Waals surface area contributed by atoms with Crippen molar-refractivity contribution in [1.29, 1.82) is 0 Å². The van der Waals surface area contributed by atoms with E-state index in [4.69, 9.17) is 16.3 Å². The molecule has 4 rings (SSSR count). The Morgan fingerprint density at radius 3 is 2.83 bits per heavy atom. The van der Waals surface area contributed by atoms with E-state index in [-0.39, 0.29) is 0 Å². The van der Waals surface area contributed by atoms with E-state index in [0.717, 1.165) is 50.0 Å². The normalized spacial score (nSPS) is 31.0. The van der Waals surface area contributed by atoms with Gasteiger partial charge in [0.25, 0.3) is 0 Å². The number of hydrogen-bond donors (Lipinski definition) is 1. The number of rotatable bonds is 1. The molecular formula is C19H23ClN2O2. The Kier molecular flexibility index (Phi) is 4.20. The van der Waals surface area contributed by atoms with Crippen molar-refractivity contribution in [2.24, 2.45) is 5.92 Å². The molecule has 0 saturated carbocycles. The zero-order valence-electron chi connectivity index (χ0n) is 14.0. The molecule has 4 nitrogen and oxygen atoms in total. The largest absolute Gasteiger partial charge is 0.390 e. The van der Waals surface area contributed by atoms with Crippen molar-refractivity contribution >= 4 is 17.3 Å². The summed E-state index contributed by atoms with van der Waals surface area (Å²) in [4.78, 5) is 6.47. The Morgan fingerprint density at radius 2 is 2.17 bits per heavy atom. The number of hydrogen-bond acceptors (Lipinski definition) is 4. The van der Waals surface area contributed by atoms with Crippen LogP contribution in [-0.4, -0.2) is 41.0 Å². The predicted molar refractivity (Wildman–Crippen MR) is 94.2 cm³/mol. The second-order valence-electron chi connectivity index (χ2n) is 7.49. The van der Waals surface area contributed by atoms with Gasteiger partial charge in [-0.1, -0.05) is 23.4 Å². The van der Waals surface area contributed by atoms with Crippen LogP contribution in [0.25, 0.3) is 0 Å². The average molecular weight is 347 g/mol. The number of halogens is 1. The van der Waals surface area contributed by atoms with E-state index in [2.05, 4.69) is 21.7 Å². The molecule has 1 aromatic heterocycles. The molecule has 3 saturated heterocycles. The first-order valence-electron chi connectivity index (χ1n) is 8.80. The summed E-state index contributed by atoms with van der Waals surface area (Å²) in [5, 5.41) is 10.6. The van der Waals surface area contributed by atoms with Crippen LogP contribution in [-0.2, 0) is 4.74 Å². The first kappa shape index (κ1) is 16.2. The summed E-state index contributed by atoms with van der Waals surface area (Å²) in [6.07, 6.45) is 7.38. The third-order valence-electron chi connectivity index (χ3n) is 5.53. The Bertz CT molecular complexity index is 684. The maximum Gasteiger partial charge on any atom is 0.131 e. The van der Waals surface area contributed by atoms with Crippen molar-refractivity contribution in [1.82, 2.24) is 4.98 Å². The Balaban J connectivity index is 1.56. The summed E-state index contributed by atoms with van der Waals surface area (Å²) in [7, 11) is 0. The topological polar surface area (TPSA) is 45.6 Å². The number of piperidine rings is 1. The molecule has 3 atom stereocenters. The highest BCUT2D eigenvalue weighted by atomic mass is 35.5. The van der Waals surface area contributed by atoms with Crippen LogP contribution in [0.4, 0.5) is 5.69 Å². The highest BCUT2D eigenvalue weighted by Crippen LogP contribution is 2.38. The number of anilines is 1. The highest BCUT2D eigenvalue weighted by Gasteiger charge is 2.39. The van der Waals surface area contributed by atoms with Gasteiger partial charge in [0, 0.05) is 31.3 Å². The fourth-order valence-electron chi connectivity index (χ4n) is 3.97. The quantitative estimate of drug-likeness (QED) is 0.627. The number of aromatic nitrogens is 1. The second kappa shape index (κ2) is 6.22. The Morgan fingerprint density at radius 1 is 1.38 bits per heavy atom. The van der Waals surface area contributed by atoms with Crippen LogP contribution in [0.15, 0.2) is 12.3 Å². The molecule has 0 aliphatic carbocycles. The van der Waals surface area contributed by atoms with E-state index >= 15 is 0 Å². The van der Waals surface area contributed by atoms with Crippen LogP contribution >= 0.6 is 11.6 Å². The van der Waals surface area contributed by atoms with Gasteiger partial charge in [-0.15, -0.1) is 0 Å². The van der Waals surface area contributed by atoms with Gasteiger partial charge in [-0.2, -0.15) is 0 Å². The second-order valence-corrected chi connectivity index (χ2v) is 7.88. The molecule has 0 amide bonds. The molecule has 128 valence electrons. The minimum Gasteiger partial charge on any atom is -0.390 e. The van der Waals surface area contributed by atoms with Crippen LogP contribution in [0.5, 0.6) is 0 Å². The zero-order chi connectivity index (χ0) is 16.7. The maximum atomic E-state index is 10.2. The van der Waals surface area contributed by atoms with Gasteiger partial charge in [-0.05, 0) is 39.0 Å². The van der Waals surface area contributed by atoms with E-state index in [9.17, 15) is 5.11 Å². The van der Waals surface area contributed by atoms with Gasteiger partial charge in [0.1, 0.15) is 5.15 Å². The fraction of sp³-hybridized carbons (Fsp3) is 0.632. The van der Waals surface area contributed by atoms with Crippen LogP contribution in [0, 0.1) is 17.8 Å². The molecule has 1 N–H and O–H groups in total. The molecule has 1 aromatic rings. The molecule has 3 aliphatic heterocycles. The molecule has 0 aromatic carbocycles.